The number of imidazole rings is 1. The van der Waals surface area contributed by atoms with Crippen LogP contribution in [0.1, 0.15) is 36.9 Å². The van der Waals surface area contributed by atoms with E-state index in [9.17, 15) is 4.79 Å². The Kier molecular flexibility index (Phi) is 5.87. The number of anilines is 3. The second kappa shape index (κ2) is 9.12. The number of nitrogens with two attached hydrogens (primary N) is 1. The molecule has 0 radical (unpaired) electrons. The molecule has 0 bridgehead atoms. The van der Waals surface area contributed by atoms with Crippen LogP contribution in [-0.4, -0.2) is 48.3 Å². The Balaban J connectivity index is 1.33. The number of nitrogens with zero attached hydrogens (tertiary/aromatic N) is 7. The van der Waals surface area contributed by atoms with Gasteiger partial charge in [-0.25, -0.2) is 9.67 Å². The predicted octanol–water partition coefficient (Wildman–Crippen LogP) is 2.96. The third-order valence-electron chi connectivity index (χ3n) is 6.31. The summed E-state index contributed by atoms with van der Waals surface area (Å²) in [5, 5.41) is 7.29. The monoisotopic (exact) mass is 459 g/mol. The van der Waals surface area contributed by atoms with Gasteiger partial charge >= 0.3 is 0 Å². The highest BCUT2D eigenvalue weighted by Gasteiger charge is 2.25. The highest BCUT2D eigenvalue weighted by atomic mass is 16.2. The van der Waals surface area contributed by atoms with Crippen molar-refractivity contribution in [3.63, 3.8) is 0 Å². The maximum atomic E-state index is 12.8. The van der Waals surface area contributed by atoms with E-state index < -0.39 is 0 Å². The molecule has 3 aromatic heterocycles. The van der Waals surface area contributed by atoms with E-state index in [2.05, 4.69) is 60.6 Å². The first kappa shape index (κ1) is 21.9. The lowest BCUT2D eigenvalue weighted by Crippen LogP contribution is -2.34. The molecule has 34 heavy (non-hydrogen) atoms. The number of amides is 1. The lowest BCUT2D eigenvalue weighted by atomic mass is 9.89. The van der Waals surface area contributed by atoms with Gasteiger partial charge in [0.15, 0.2) is 17.0 Å². The summed E-state index contributed by atoms with van der Waals surface area (Å²) in [4.78, 5) is 28.4. The van der Waals surface area contributed by atoms with Crippen molar-refractivity contribution >= 4 is 34.7 Å². The van der Waals surface area contributed by atoms with Gasteiger partial charge in [0.25, 0.3) is 0 Å². The molecular weight excluding hydrogens is 430 g/mol. The van der Waals surface area contributed by atoms with Gasteiger partial charge in [0, 0.05) is 25.7 Å². The van der Waals surface area contributed by atoms with Crippen LogP contribution in [0.25, 0.3) is 11.2 Å². The summed E-state index contributed by atoms with van der Waals surface area (Å²) in [5.41, 5.74) is 9.52. The number of aromatic nitrogens is 6. The van der Waals surface area contributed by atoms with Gasteiger partial charge in [-0.1, -0.05) is 30.3 Å². The van der Waals surface area contributed by atoms with Crippen molar-refractivity contribution in [1.29, 1.82) is 0 Å². The molecule has 0 atom stereocenters. The molecule has 1 aliphatic rings. The smallest absolute Gasteiger partial charge is 0.245 e. The van der Waals surface area contributed by atoms with Crippen LogP contribution in [0.15, 0.2) is 42.7 Å². The van der Waals surface area contributed by atoms with E-state index in [1.54, 1.807) is 15.6 Å². The van der Waals surface area contributed by atoms with Crippen LogP contribution in [0.3, 0.4) is 0 Å². The first-order chi connectivity index (χ1) is 16.5. The maximum absolute atomic E-state index is 12.8. The summed E-state index contributed by atoms with van der Waals surface area (Å²) in [6.07, 6.45) is 3.69. The summed E-state index contributed by atoms with van der Waals surface area (Å²) >= 11 is 0. The van der Waals surface area contributed by atoms with Gasteiger partial charge in [-0.15, -0.1) is 0 Å². The Hall–Kier alpha value is -3.95. The third kappa shape index (κ3) is 4.30. The second-order valence-electron chi connectivity index (χ2n) is 8.66. The fraction of sp³-hybridized carbons (Fsp3) is 0.375. The Morgan fingerprint density at radius 1 is 1.18 bits per heavy atom. The van der Waals surface area contributed by atoms with E-state index in [-0.39, 0.29) is 18.4 Å². The number of hydrogen-bond acceptors (Lipinski definition) is 7. The molecule has 1 fully saturated rings. The lowest BCUT2D eigenvalue weighted by Gasteiger charge is -2.33. The molecule has 0 unspecified atom stereocenters. The van der Waals surface area contributed by atoms with E-state index in [0.717, 1.165) is 37.4 Å². The van der Waals surface area contributed by atoms with Crippen molar-refractivity contribution in [2.24, 2.45) is 0 Å². The summed E-state index contributed by atoms with van der Waals surface area (Å²) in [6.45, 7) is 6.34. The molecular formula is C24H29N9O. The lowest BCUT2D eigenvalue weighted by molar-refractivity contribution is -0.116. The number of rotatable bonds is 6. The van der Waals surface area contributed by atoms with Crippen molar-refractivity contribution < 1.29 is 4.79 Å². The minimum atomic E-state index is -0.184. The van der Waals surface area contributed by atoms with Crippen molar-refractivity contribution in [2.45, 2.75) is 45.7 Å². The van der Waals surface area contributed by atoms with Crippen molar-refractivity contribution in [1.82, 2.24) is 29.3 Å². The molecule has 176 valence electrons. The fourth-order valence-electron chi connectivity index (χ4n) is 4.66. The van der Waals surface area contributed by atoms with Crippen LogP contribution in [0.4, 0.5) is 17.6 Å². The highest BCUT2D eigenvalue weighted by Crippen LogP contribution is 2.32. The first-order valence-electron chi connectivity index (χ1n) is 11.6. The van der Waals surface area contributed by atoms with Gasteiger partial charge in [0.05, 0.1) is 12.0 Å². The number of carbonyl (C=O) groups is 1. The fourth-order valence-corrected chi connectivity index (χ4v) is 4.66. The summed E-state index contributed by atoms with van der Waals surface area (Å²) in [7, 11) is 0. The van der Waals surface area contributed by atoms with Gasteiger partial charge < -0.3 is 20.5 Å². The standard InChI is InChI=1S/C24H29N9O/c1-3-33-19(13-16(2)30-33)27-20(34)14-32-15-26-21-22(28-24(25)29-23(21)32)31-11-9-18(10-12-31)17-7-5-4-6-8-17/h4-8,13,15,18H,3,9-12,14H2,1-2H3,(H,27,34)(H2,25,28,29). The van der Waals surface area contributed by atoms with E-state index in [0.29, 0.717) is 29.4 Å². The molecule has 1 saturated heterocycles. The Labute approximate surface area is 197 Å². The molecule has 0 aliphatic carbocycles. The molecule has 3 N–H and O–H groups in total. The number of benzene rings is 1. The van der Waals surface area contributed by atoms with Crippen LogP contribution >= 0.6 is 0 Å². The van der Waals surface area contributed by atoms with Crippen LogP contribution in [0.2, 0.25) is 0 Å². The normalized spacial score (nSPS) is 14.6. The predicted molar refractivity (Wildman–Crippen MR) is 132 cm³/mol. The van der Waals surface area contributed by atoms with Crippen LogP contribution in [0.5, 0.6) is 0 Å². The van der Waals surface area contributed by atoms with Crippen molar-refractivity contribution in [3.05, 3.63) is 54.0 Å². The van der Waals surface area contributed by atoms with E-state index in [1.165, 1.54) is 5.56 Å². The topological polar surface area (TPSA) is 120 Å². The van der Waals surface area contributed by atoms with Crippen LogP contribution < -0.4 is 16.0 Å². The number of aryl methyl sites for hydroxylation is 2. The van der Waals surface area contributed by atoms with Gasteiger partial charge in [0.1, 0.15) is 12.4 Å². The molecule has 0 spiro atoms. The Morgan fingerprint density at radius 3 is 2.68 bits per heavy atom. The number of hydrogen-bond donors (Lipinski definition) is 2. The molecule has 10 nitrogen and oxygen atoms in total. The van der Waals surface area contributed by atoms with E-state index in [1.807, 2.05) is 19.9 Å². The van der Waals surface area contributed by atoms with Crippen molar-refractivity contribution in [2.75, 3.05) is 29.0 Å². The summed E-state index contributed by atoms with van der Waals surface area (Å²) in [6, 6.07) is 12.5. The van der Waals surface area contributed by atoms with E-state index in [4.69, 9.17) is 5.73 Å². The van der Waals surface area contributed by atoms with Crippen LogP contribution in [-0.2, 0) is 17.9 Å². The average Bonchev–Trinajstić information content (AvgIpc) is 3.41. The zero-order valence-electron chi connectivity index (χ0n) is 19.5. The van der Waals surface area contributed by atoms with Gasteiger partial charge in [-0.3, -0.25) is 4.79 Å². The minimum absolute atomic E-state index is 0.0659. The van der Waals surface area contributed by atoms with Gasteiger partial charge in [0.2, 0.25) is 11.9 Å². The Morgan fingerprint density at radius 2 is 1.94 bits per heavy atom. The maximum Gasteiger partial charge on any atom is 0.245 e. The first-order valence-corrected chi connectivity index (χ1v) is 11.6. The molecule has 1 aromatic carbocycles. The molecule has 10 heteroatoms. The summed E-state index contributed by atoms with van der Waals surface area (Å²) in [5.74, 6) is 1.93. The second-order valence-corrected chi connectivity index (χ2v) is 8.66. The molecule has 0 saturated carbocycles. The molecule has 4 heterocycles. The van der Waals surface area contributed by atoms with E-state index >= 15 is 0 Å². The molecule has 1 amide bonds. The number of fused-ring (bicyclic) bond motifs is 1. The SMILES string of the molecule is CCn1nc(C)cc1NC(=O)Cn1cnc2c(N3CCC(c4ccccc4)CC3)nc(N)nc21. The molecule has 4 aromatic rings. The van der Waals surface area contributed by atoms with Crippen molar-refractivity contribution in [3.8, 4) is 0 Å². The van der Waals surface area contributed by atoms with Gasteiger partial charge in [-0.05, 0) is 38.2 Å². The largest absolute Gasteiger partial charge is 0.368 e. The highest BCUT2D eigenvalue weighted by molar-refractivity contribution is 5.91. The number of carbonyl (C=O) groups excluding carboxylic acids is 1. The Bertz CT molecular complexity index is 1300. The third-order valence-corrected chi connectivity index (χ3v) is 6.31. The van der Waals surface area contributed by atoms with Gasteiger partial charge in [-0.2, -0.15) is 15.1 Å². The quantitative estimate of drug-likeness (QED) is 0.455. The minimum Gasteiger partial charge on any atom is -0.368 e. The average molecular weight is 460 g/mol. The molecule has 1 aliphatic heterocycles. The van der Waals surface area contributed by atoms with Crippen LogP contribution in [0, 0.1) is 6.92 Å². The number of nitrogens with one attached hydrogen (secondary N) is 1. The number of nitrogen functional groups attached to an aromatic ring is 1. The zero-order chi connectivity index (χ0) is 23.7. The molecule has 5 rings (SSSR count). The summed E-state index contributed by atoms with van der Waals surface area (Å²) < 4.78 is 3.47. The number of piperidine rings is 1. The zero-order valence-corrected chi connectivity index (χ0v) is 19.5.